The van der Waals surface area contributed by atoms with E-state index in [1.165, 1.54) is 199 Å². The second-order valence-electron chi connectivity index (χ2n) is 23.8. The topological polar surface area (TPSA) is 108 Å². The Morgan fingerprint density at radius 3 is 1.09 bits per heavy atom. The van der Waals surface area contributed by atoms with E-state index in [4.69, 9.17) is 18.9 Å². The zero-order chi connectivity index (χ0) is 56.9. The van der Waals surface area contributed by atoms with E-state index in [2.05, 4.69) is 62.5 Å². The molecule has 0 fully saturated rings. The molecule has 0 radical (unpaired) electrons. The average molecular weight is 1100 g/mol. The lowest BCUT2D eigenvalue weighted by Gasteiger charge is -2.25. The second-order valence-corrected chi connectivity index (χ2v) is 23.8. The van der Waals surface area contributed by atoms with Crippen LogP contribution in [0.3, 0.4) is 0 Å². The van der Waals surface area contributed by atoms with Crippen molar-refractivity contribution in [3.63, 3.8) is 0 Å². The van der Waals surface area contributed by atoms with Crippen molar-refractivity contribution in [2.75, 3.05) is 47.5 Å². The van der Waals surface area contributed by atoms with Gasteiger partial charge in [0.2, 0.25) is 0 Å². The van der Waals surface area contributed by atoms with Crippen LogP contribution in [0.5, 0.6) is 0 Å². The zero-order valence-electron chi connectivity index (χ0n) is 52.1. The predicted octanol–water partition coefficient (Wildman–Crippen LogP) is 20.2. The highest BCUT2D eigenvalue weighted by molar-refractivity contribution is 5.71. The molecule has 0 aromatic carbocycles. The molecule has 0 aromatic rings. The lowest BCUT2D eigenvalue weighted by Crippen LogP contribution is -2.40. The maximum absolute atomic E-state index is 12.9. The first kappa shape index (κ1) is 75.2. The van der Waals surface area contributed by atoms with Crippen LogP contribution in [-0.2, 0) is 33.3 Å². The number of hydrogen-bond acceptors (Lipinski definition) is 7. The number of quaternary nitrogens is 1. The molecule has 0 saturated heterocycles. The molecule has 0 heterocycles. The minimum Gasteiger partial charge on any atom is -0.477 e. The Bertz CT molecular complexity index is 1420. The van der Waals surface area contributed by atoms with Crippen molar-refractivity contribution in [3.8, 4) is 0 Å². The Balaban J connectivity index is 4.03. The van der Waals surface area contributed by atoms with Crippen molar-refractivity contribution >= 4 is 17.9 Å². The maximum Gasteiger partial charge on any atom is 0.361 e. The zero-order valence-corrected chi connectivity index (χ0v) is 52.1. The monoisotopic (exact) mass is 1100 g/mol. The molecule has 0 amide bonds. The van der Waals surface area contributed by atoms with Crippen LogP contribution in [-0.4, -0.2) is 87.4 Å². The summed E-state index contributed by atoms with van der Waals surface area (Å²) in [6, 6.07) is 0. The summed E-state index contributed by atoms with van der Waals surface area (Å²) in [5, 5.41) is 9.72. The normalized spacial score (nSPS) is 13.0. The average Bonchev–Trinajstić information content (AvgIpc) is 3.41. The summed E-state index contributed by atoms with van der Waals surface area (Å²) in [5.41, 5.74) is 0. The van der Waals surface area contributed by atoms with Gasteiger partial charge in [0.1, 0.15) is 13.2 Å². The Labute approximate surface area is 482 Å². The summed E-state index contributed by atoms with van der Waals surface area (Å²) >= 11 is 0. The number of hydrogen-bond donors (Lipinski definition) is 1. The van der Waals surface area contributed by atoms with Crippen LogP contribution in [0.1, 0.15) is 316 Å². The molecule has 0 aromatic heterocycles. The number of unbranched alkanes of at least 4 members (excludes halogenated alkanes) is 39. The number of carbonyl (C=O) groups excluding carboxylic acids is 2. The fourth-order valence-corrected chi connectivity index (χ4v) is 9.77. The number of likely N-dealkylation sites (N-methyl/N-ethyl adjacent to an activating group) is 1. The minimum atomic E-state index is -1.51. The van der Waals surface area contributed by atoms with Gasteiger partial charge in [-0.25, -0.2) is 4.79 Å². The van der Waals surface area contributed by atoms with E-state index in [9.17, 15) is 19.5 Å². The summed E-state index contributed by atoms with van der Waals surface area (Å²) in [6.45, 7) is 4.79. The number of allylic oxidation sites excluding steroid dienone is 8. The van der Waals surface area contributed by atoms with E-state index in [0.29, 0.717) is 23.9 Å². The lowest BCUT2D eigenvalue weighted by atomic mass is 10.0. The summed E-state index contributed by atoms with van der Waals surface area (Å²) in [7, 11) is 5.97. The predicted molar refractivity (Wildman–Crippen MR) is 332 cm³/mol. The van der Waals surface area contributed by atoms with E-state index >= 15 is 0 Å². The third-order valence-corrected chi connectivity index (χ3v) is 14.8. The van der Waals surface area contributed by atoms with Crippen LogP contribution in [0.2, 0.25) is 0 Å². The summed E-state index contributed by atoms with van der Waals surface area (Å²) < 4.78 is 22.9. The highest BCUT2D eigenvalue weighted by Gasteiger charge is 2.25. The Morgan fingerprint density at radius 2 is 0.731 bits per heavy atom. The van der Waals surface area contributed by atoms with Gasteiger partial charge in [-0.15, -0.1) is 0 Å². The van der Waals surface area contributed by atoms with Crippen molar-refractivity contribution in [1.29, 1.82) is 0 Å². The van der Waals surface area contributed by atoms with E-state index < -0.39 is 24.3 Å². The standard InChI is InChI=1S/C69H127NO8/c1-6-8-10-12-14-16-18-20-22-24-26-27-28-29-30-31-32-33-34-35-36-37-38-39-40-42-43-45-47-49-51-53-55-57-59-66(71)76-63-65(64-77-69(68(73)74)75-62-61-70(3,4)5)78-67(72)60-58-56-54-52-50-48-46-44-41-25-23-21-19-17-15-13-11-9-7-2/h9,11,15,17,21,23,41,44,65,69H,6-8,10,12-14,16,18-20,22,24-40,42-43,45-64H2,1-5H3/p+1/b11-9-,17-15-,23-21-,44-41-. The fraction of sp³-hybridized carbons (Fsp3) is 0.841. The van der Waals surface area contributed by atoms with E-state index in [-0.39, 0.29) is 32.2 Å². The molecule has 2 unspecified atom stereocenters. The Hall–Kier alpha value is -2.75. The number of rotatable bonds is 62. The van der Waals surface area contributed by atoms with E-state index in [1.807, 2.05) is 21.1 Å². The van der Waals surface area contributed by atoms with Gasteiger partial charge in [-0.2, -0.15) is 0 Å². The van der Waals surface area contributed by atoms with Gasteiger partial charge in [-0.1, -0.05) is 300 Å². The number of ether oxygens (including phenoxy) is 4. The quantitative estimate of drug-likeness (QED) is 0.0211. The molecule has 1 N–H and O–H groups in total. The van der Waals surface area contributed by atoms with Crippen LogP contribution in [0.15, 0.2) is 48.6 Å². The third-order valence-electron chi connectivity index (χ3n) is 14.8. The van der Waals surface area contributed by atoms with Crippen LogP contribution >= 0.6 is 0 Å². The van der Waals surface area contributed by atoms with E-state index in [0.717, 1.165) is 83.5 Å². The molecule has 0 saturated carbocycles. The van der Waals surface area contributed by atoms with Gasteiger partial charge < -0.3 is 28.5 Å². The lowest BCUT2D eigenvalue weighted by molar-refractivity contribution is -0.870. The molecule has 456 valence electrons. The van der Waals surface area contributed by atoms with Crippen molar-refractivity contribution in [2.24, 2.45) is 0 Å². The van der Waals surface area contributed by atoms with Crippen LogP contribution in [0.4, 0.5) is 0 Å². The number of carboxylic acid groups (broad SMARTS) is 1. The molecule has 0 rings (SSSR count). The first-order chi connectivity index (χ1) is 38.1. The Morgan fingerprint density at radius 1 is 0.397 bits per heavy atom. The molecule has 2 atom stereocenters. The summed E-state index contributed by atoms with van der Waals surface area (Å²) in [4.78, 5) is 37.5. The molecular formula is C69H128NO8+. The van der Waals surface area contributed by atoms with Crippen molar-refractivity contribution < 1.29 is 42.9 Å². The van der Waals surface area contributed by atoms with Crippen molar-refractivity contribution in [2.45, 2.75) is 328 Å². The first-order valence-electron chi connectivity index (χ1n) is 33.3. The highest BCUT2D eigenvalue weighted by Crippen LogP contribution is 2.18. The third kappa shape index (κ3) is 60.9. The fourth-order valence-electron chi connectivity index (χ4n) is 9.77. The second kappa shape index (κ2) is 60.3. The smallest absolute Gasteiger partial charge is 0.361 e. The molecule has 0 aliphatic heterocycles. The summed E-state index contributed by atoms with van der Waals surface area (Å²) in [6.07, 6.45) is 73.8. The maximum atomic E-state index is 12.9. The van der Waals surface area contributed by atoms with E-state index in [1.54, 1.807) is 0 Å². The van der Waals surface area contributed by atoms with Gasteiger partial charge in [0.15, 0.2) is 6.10 Å². The summed E-state index contributed by atoms with van der Waals surface area (Å²) in [5.74, 6) is -2.01. The van der Waals surface area contributed by atoms with Gasteiger partial charge in [0.05, 0.1) is 34.4 Å². The van der Waals surface area contributed by atoms with Crippen molar-refractivity contribution in [1.82, 2.24) is 0 Å². The van der Waals surface area contributed by atoms with Crippen molar-refractivity contribution in [3.05, 3.63) is 48.6 Å². The number of carboxylic acids is 1. The number of nitrogens with zero attached hydrogens (tertiary/aromatic N) is 1. The van der Waals surface area contributed by atoms with Gasteiger partial charge in [-0.05, 0) is 51.4 Å². The molecule has 0 aliphatic rings. The molecular weight excluding hydrogens is 971 g/mol. The molecule has 9 nitrogen and oxygen atoms in total. The van der Waals surface area contributed by atoms with Crippen LogP contribution in [0.25, 0.3) is 0 Å². The molecule has 0 bridgehead atoms. The molecule has 0 spiro atoms. The molecule has 78 heavy (non-hydrogen) atoms. The number of aliphatic carboxylic acids is 1. The van der Waals surface area contributed by atoms with Gasteiger partial charge in [-0.3, -0.25) is 9.59 Å². The first-order valence-corrected chi connectivity index (χ1v) is 33.3. The SMILES string of the molecule is CC/C=C\C/C=C\C/C=C\C/C=C\CCCCCCCCC(=O)OC(COC(=O)CCCCCCCCCCCCCCCCCCCCCCCCCCCCCCCCCCCC)COC(OCC[N+](C)(C)C)C(=O)O. The van der Waals surface area contributed by atoms with Gasteiger partial charge in [0.25, 0.3) is 6.29 Å². The van der Waals surface area contributed by atoms with Crippen LogP contribution < -0.4 is 0 Å². The highest BCUT2D eigenvalue weighted by atomic mass is 16.7. The largest absolute Gasteiger partial charge is 0.477 e. The minimum absolute atomic E-state index is 0.185. The molecule has 0 aliphatic carbocycles. The van der Waals surface area contributed by atoms with Gasteiger partial charge in [0, 0.05) is 12.8 Å². The Kier molecular flexibility index (Phi) is 58.2. The molecule has 9 heteroatoms. The van der Waals surface area contributed by atoms with Crippen LogP contribution in [0, 0.1) is 0 Å². The van der Waals surface area contributed by atoms with Gasteiger partial charge >= 0.3 is 17.9 Å². The number of esters is 2. The number of carbonyl (C=O) groups is 3.